The van der Waals surface area contributed by atoms with Crippen molar-refractivity contribution in [1.29, 1.82) is 0 Å². The quantitative estimate of drug-likeness (QED) is 0.896. The van der Waals surface area contributed by atoms with E-state index in [1.54, 1.807) is 6.26 Å². The molecule has 3 nitrogen and oxygen atoms in total. The number of hydrogen-bond acceptors (Lipinski definition) is 3. The van der Waals surface area contributed by atoms with E-state index in [1.165, 1.54) is 5.56 Å². The van der Waals surface area contributed by atoms with Crippen molar-refractivity contribution < 1.29 is 9.15 Å². The van der Waals surface area contributed by atoms with E-state index in [9.17, 15) is 0 Å². The van der Waals surface area contributed by atoms with Crippen molar-refractivity contribution in [3.8, 4) is 5.75 Å². The third-order valence-electron chi connectivity index (χ3n) is 3.35. The van der Waals surface area contributed by atoms with Crippen LogP contribution < -0.4 is 10.1 Å². The zero-order chi connectivity index (χ0) is 12.2. The molecule has 3 rings (SSSR count). The molecule has 94 valence electrons. The second kappa shape index (κ2) is 5.27. The van der Waals surface area contributed by atoms with Gasteiger partial charge in [-0.05, 0) is 30.2 Å². The Morgan fingerprint density at radius 1 is 1.17 bits per heavy atom. The van der Waals surface area contributed by atoms with Crippen molar-refractivity contribution in [3.05, 3.63) is 54.0 Å². The highest BCUT2D eigenvalue weighted by Crippen LogP contribution is 2.32. The van der Waals surface area contributed by atoms with Gasteiger partial charge in [0.05, 0.1) is 19.4 Å². The maximum absolute atomic E-state index is 5.66. The topological polar surface area (TPSA) is 34.4 Å². The second-order valence-electron chi connectivity index (χ2n) is 4.58. The van der Waals surface area contributed by atoms with Crippen LogP contribution in [0.3, 0.4) is 0 Å². The molecule has 0 radical (unpaired) electrons. The minimum absolute atomic E-state index is 0.532. The van der Waals surface area contributed by atoms with E-state index in [4.69, 9.17) is 9.15 Å². The number of furan rings is 1. The molecule has 1 aliphatic heterocycles. The molecular formula is C15H17NO2. The van der Waals surface area contributed by atoms with Gasteiger partial charge in [0, 0.05) is 12.5 Å². The molecule has 0 fully saturated rings. The van der Waals surface area contributed by atoms with E-state index in [0.717, 1.165) is 37.6 Å². The summed E-state index contributed by atoms with van der Waals surface area (Å²) in [7, 11) is 0. The summed E-state index contributed by atoms with van der Waals surface area (Å²) in [6.45, 7) is 2.55. The molecule has 2 aromatic rings. The molecule has 0 spiro atoms. The summed E-state index contributed by atoms with van der Waals surface area (Å²) in [6, 6.07) is 12.2. The summed E-state index contributed by atoms with van der Waals surface area (Å²) in [6.07, 6.45) is 2.78. The van der Waals surface area contributed by atoms with Gasteiger partial charge >= 0.3 is 0 Å². The first-order chi connectivity index (χ1) is 8.93. The number of para-hydroxylation sites is 1. The number of benzene rings is 1. The third kappa shape index (κ3) is 2.41. The van der Waals surface area contributed by atoms with Gasteiger partial charge in [0.25, 0.3) is 0 Å². The van der Waals surface area contributed by atoms with Crippen LogP contribution in [0.5, 0.6) is 5.75 Å². The maximum atomic E-state index is 5.66. The molecule has 1 aliphatic rings. The minimum atomic E-state index is 0.532. The van der Waals surface area contributed by atoms with Gasteiger partial charge in [0.1, 0.15) is 11.5 Å². The van der Waals surface area contributed by atoms with E-state index in [-0.39, 0.29) is 0 Å². The predicted molar refractivity (Wildman–Crippen MR) is 69.7 cm³/mol. The Morgan fingerprint density at radius 3 is 3.00 bits per heavy atom. The van der Waals surface area contributed by atoms with Gasteiger partial charge < -0.3 is 14.5 Å². The number of rotatable bonds is 4. The van der Waals surface area contributed by atoms with Crippen LogP contribution in [0.2, 0.25) is 0 Å². The normalized spacial score (nSPS) is 18.1. The molecule has 0 saturated carbocycles. The van der Waals surface area contributed by atoms with Crippen molar-refractivity contribution in [3.63, 3.8) is 0 Å². The maximum Gasteiger partial charge on any atom is 0.122 e. The highest BCUT2D eigenvalue weighted by Gasteiger charge is 2.20. The minimum Gasteiger partial charge on any atom is -0.493 e. The number of hydrogen-bond donors (Lipinski definition) is 1. The summed E-state index contributed by atoms with van der Waals surface area (Å²) >= 11 is 0. The molecule has 1 aromatic carbocycles. The second-order valence-corrected chi connectivity index (χ2v) is 4.58. The lowest BCUT2D eigenvalue weighted by Crippen LogP contribution is -2.25. The van der Waals surface area contributed by atoms with E-state index in [1.807, 2.05) is 24.3 Å². The summed E-state index contributed by atoms with van der Waals surface area (Å²) in [4.78, 5) is 0. The molecule has 0 aliphatic carbocycles. The molecule has 1 unspecified atom stereocenters. The van der Waals surface area contributed by atoms with Crippen molar-refractivity contribution in [2.24, 2.45) is 0 Å². The van der Waals surface area contributed by atoms with Crippen LogP contribution in [-0.2, 0) is 6.54 Å². The Bertz CT molecular complexity index is 493. The largest absolute Gasteiger partial charge is 0.493 e. The number of nitrogens with one attached hydrogen (secondary N) is 1. The standard InChI is InChI=1S/C15H17NO2/c1-2-6-15-14(5-1)12(7-9-18-15)10-16-11-13-4-3-8-17-13/h1-6,8,12,16H,7,9-11H2. The Hall–Kier alpha value is -1.74. The molecule has 2 heterocycles. The average Bonchev–Trinajstić information content (AvgIpc) is 2.92. The van der Waals surface area contributed by atoms with Crippen molar-refractivity contribution >= 4 is 0 Å². The van der Waals surface area contributed by atoms with E-state index in [2.05, 4.69) is 17.4 Å². The van der Waals surface area contributed by atoms with Crippen LogP contribution in [0.25, 0.3) is 0 Å². The molecule has 1 atom stereocenters. The first-order valence-electron chi connectivity index (χ1n) is 6.38. The Morgan fingerprint density at radius 2 is 2.11 bits per heavy atom. The van der Waals surface area contributed by atoms with E-state index < -0.39 is 0 Å². The van der Waals surface area contributed by atoms with Crippen molar-refractivity contribution in [2.45, 2.75) is 18.9 Å². The first-order valence-corrected chi connectivity index (χ1v) is 6.38. The lowest BCUT2D eigenvalue weighted by Gasteiger charge is -2.25. The molecule has 0 bridgehead atoms. The summed E-state index contributed by atoms with van der Waals surface area (Å²) < 4.78 is 11.0. The summed E-state index contributed by atoms with van der Waals surface area (Å²) in [5, 5.41) is 3.45. The lowest BCUT2D eigenvalue weighted by molar-refractivity contribution is 0.264. The van der Waals surface area contributed by atoms with Crippen LogP contribution in [-0.4, -0.2) is 13.2 Å². The fourth-order valence-corrected chi connectivity index (χ4v) is 2.41. The predicted octanol–water partition coefficient (Wildman–Crippen LogP) is 2.94. The van der Waals surface area contributed by atoms with Crippen LogP contribution >= 0.6 is 0 Å². The summed E-state index contributed by atoms with van der Waals surface area (Å²) in [5.41, 5.74) is 1.32. The van der Waals surface area contributed by atoms with Gasteiger partial charge in [0.2, 0.25) is 0 Å². The monoisotopic (exact) mass is 243 g/mol. The van der Waals surface area contributed by atoms with Crippen LogP contribution in [0.15, 0.2) is 47.1 Å². The molecule has 0 saturated heterocycles. The zero-order valence-corrected chi connectivity index (χ0v) is 10.3. The SMILES string of the molecule is c1coc(CNCC2CCOc3ccccc32)c1. The van der Waals surface area contributed by atoms with Crippen molar-refractivity contribution in [1.82, 2.24) is 5.32 Å². The van der Waals surface area contributed by atoms with Crippen LogP contribution in [0, 0.1) is 0 Å². The number of ether oxygens (including phenoxy) is 1. The highest BCUT2D eigenvalue weighted by molar-refractivity contribution is 5.37. The Balaban J connectivity index is 1.60. The van der Waals surface area contributed by atoms with Gasteiger partial charge in [-0.15, -0.1) is 0 Å². The smallest absolute Gasteiger partial charge is 0.122 e. The third-order valence-corrected chi connectivity index (χ3v) is 3.35. The fraction of sp³-hybridized carbons (Fsp3) is 0.333. The van der Waals surface area contributed by atoms with E-state index in [0.29, 0.717) is 5.92 Å². The van der Waals surface area contributed by atoms with Gasteiger partial charge in [-0.1, -0.05) is 18.2 Å². The lowest BCUT2D eigenvalue weighted by atomic mass is 9.93. The molecule has 0 amide bonds. The molecule has 1 N–H and O–H groups in total. The Labute approximate surface area is 107 Å². The fourth-order valence-electron chi connectivity index (χ4n) is 2.41. The average molecular weight is 243 g/mol. The Kier molecular flexibility index (Phi) is 3.33. The van der Waals surface area contributed by atoms with Gasteiger partial charge in [-0.3, -0.25) is 0 Å². The van der Waals surface area contributed by atoms with Crippen LogP contribution in [0.4, 0.5) is 0 Å². The van der Waals surface area contributed by atoms with E-state index >= 15 is 0 Å². The first kappa shape index (κ1) is 11.4. The number of fused-ring (bicyclic) bond motifs is 1. The zero-order valence-electron chi connectivity index (χ0n) is 10.3. The van der Waals surface area contributed by atoms with Crippen molar-refractivity contribution in [2.75, 3.05) is 13.2 Å². The molecular weight excluding hydrogens is 226 g/mol. The molecule has 18 heavy (non-hydrogen) atoms. The van der Waals surface area contributed by atoms with Gasteiger partial charge in [-0.25, -0.2) is 0 Å². The molecule has 3 heteroatoms. The van der Waals surface area contributed by atoms with Crippen LogP contribution in [0.1, 0.15) is 23.7 Å². The van der Waals surface area contributed by atoms with Gasteiger partial charge in [0.15, 0.2) is 0 Å². The highest BCUT2D eigenvalue weighted by atomic mass is 16.5. The van der Waals surface area contributed by atoms with Gasteiger partial charge in [-0.2, -0.15) is 0 Å². The summed E-state index contributed by atoms with van der Waals surface area (Å²) in [5.74, 6) is 2.55. The molecule has 1 aromatic heterocycles.